The van der Waals surface area contributed by atoms with Crippen LogP contribution in [-0.4, -0.2) is 64.3 Å². The zero-order valence-corrected chi connectivity index (χ0v) is 34.8. The van der Waals surface area contributed by atoms with Crippen molar-refractivity contribution < 1.29 is 43.0 Å². The monoisotopic (exact) mass is 872 g/mol. The summed E-state index contributed by atoms with van der Waals surface area (Å²) in [5.41, 5.74) is 0.179. The van der Waals surface area contributed by atoms with E-state index in [4.69, 9.17) is 23.7 Å². The van der Waals surface area contributed by atoms with Crippen molar-refractivity contribution in [1.82, 2.24) is 4.98 Å². The molecule has 0 amide bonds. The second-order valence-electron chi connectivity index (χ2n) is 14.6. The Morgan fingerprint density at radius 3 is 1.33 bits per heavy atom. The van der Waals surface area contributed by atoms with Crippen molar-refractivity contribution in [3.05, 3.63) is 244 Å². The van der Waals surface area contributed by atoms with E-state index in [0.29, 0.717) is 0 Å². The minimum atomic E-state index is -1.52. The average molecular weight is 873 g/mol. The Labute approximate surface area is 372 Å². The van der Waals surface area contributed by atoms with Crippen LogP contribution in [0.15, 0.2) is 205 Å². The summed E-state index contributed by atoms with van der Waals surface area (Å²) in [5.74, 6) is -2.34. The molecule has 0 spiro atoms. The summed E-state index contributed by atoms with van der Waals surface area (Å²) in [5, 5.41) is 11.8. The molecule has 64 heavy (non-hydrogen) atoms. The highest BCUT2D eigenvalue weighted by molar-refractivity contribution is 7.99. The number of benzene rings is 6. The van der Waals surface area contributed by atoms with Crippen LogP contribution in [0, 0.1) is 10.1 Å². The Morgan fingerprint density at radius 2 is 0.938 bits per heavy atom. The second kappa shape index (κ2) is 20.2. The molecule has 0 aliphatic carbocycles. The standard InChI is InChI=1S/C51H40N2O10S/c54-47(35-19-7-1-8-20-35)61-44-42(34-59-51(38-25-13-4-14-26-38,39-27-15-5-16-28-39)40-29-17-6-18-30-40)60-50(64-43-32-31-41(33-52-43)53(57)58)46(63-49(56)37-23-11-3-12-24-37)45(44)62-48(55)36-21-9-2-10-22-36/h1-33,42,44-46,50H,34H2/t42-,44-,45+,46-,50+/m1/s1. The summed E-state index contributed by atoms with van der Waals surface area (Å²) in [7, 11) is 0. The van der Waals surface area contributed by atoms with Gasteiger partial charge in [-0.25, -0.2) is 19.4 Å². The minimum Gasteiger partial charge on any atom is -0.452 e. The highest BCUT2D eigenvalue weighted by Crippen LogP contribution is 2.43. The Morgan fingerprint density at radius 1 is 0.547 bits per heavy atom. The number of thioether (sulfide) groups is 1. The van der Waals surface area contributed by atoms with E-state index in [-0.39, 0.29) is 34.0 Å². The van der Waals surface area contributed by atoms with Gasteiger partial charge in [-0.3, -0.25) is 10.1 Å². The van der Waals surface area contributed by atoms with Crippen LogP contribution in [0.25, 0.3) is 0 Å². The van der Waals surface area contributed by atoms with Gasteiger partial charge in [-0.2, -0.15) is 0 Å². The van der Waals surface area contributed by atoms with Crippen molar-refractivity contribution in [1.29, 1.82) is 0 Å². The SMILES string of the molecule is O=C(O[C@@H]1[C@@H](OC(=O)c2ccccc2)[C@H](Sc2ccc([N+](=O)[O-])cn2)O[C@H](COC(c2ccccc2)(c2ccccc2)c2ccccc2)[C@H]1OC(=O)c1ccccc1)c1ccccc1. The molecule has 0 unspecified atom stereocenters. The third kappa shape index (κ3) is 9.77. The number of ether oxygens (including phenoxy) is 5. The number of esters is 3. The Kier molecular flexibility index (Phi) is 13.6. The molecule has 5 atom stereocenters. The van der Waals surface area contributed by atoms with Crippen molar-refractivity contribution in [2.45, 2.75) is 40.5 Å². The van der Waals surface area contributed by atoms with Gasteiger partial charge in [-0.1, -0.05) is 157 Å². The highest BCUT2D eigenvalue weighted by Gasteiger charge is 2.54. The molecule has 8 rings (SSSR count). The number of hydrogen-bond donors (Lipinski definition) is 0. The summed E-state index contributed by atoms with van der Waals surface area (Å²) in [6.07, 6.45) is -4.57. The van der Waals surface area contributed by atoms with Gasteiger partial charge < -0.3 is 23.7 Å². The average Bonchev–Trinajstić information content (AvgIpc) is 3.35. The first-order valence-electron chi connectivity index (χ1n) is 20.3. The maximum Gasteiger partial charge on any atom is 0.338 e. The van der Waals surface area contributed by atoms with E-state index in [2.05, 4.69) is 4.98 Å². The predicted molar refractivity (Wildman–Crippen MR) is 238 cm³/mol. The van der Waals surface area contributed by atoms with E-state index in [1.165, 1.54) is 12.1 Å². The molecule has 320 valence electrons. The van der Waals surface area contributed by atoms with Gasteiger partial charge in [0.1, 0.15) is 17.9 Å². The molecule has 7 aromatic rings. The quantitative estimate of drug-likeness (QED) is 0.0317. The largest absolute Gasteiger partial charge is 0.452 e. The zero-order valence-electron chi connectivity index (χ0n) is 34.0. The van der Waals surface area contributed by atoms with E-state index < -0.39 is 58.3 Å². The van der Waals surface area contributed by atoms with Gasteiger partial charge in [0, 0.05) is 6.07 Å². The van der Waals surface area contributed by atoms with Crippen LogP contribution in [-0.2, 0) is 29.3 Å². The maximum atomic E-state index is 14.2. The van der Waals surface area contributed by atoms with Crippen molar-refractivity contribution in [3.63, 3.8) is 0 Å². The number of aromatic nitrogens is 1. The van der Waals surface area contributed by atoms with Crippen LogP contribution >= 0.6 is 11.8 Å². The van der Waals surface area contributed by atoms with E-state index in [1.54, 1.807) is 91.0 Å². The van der Waals surface area contributed by atoms with Gasteiger partial charge >= 0.3 is 17.9 Å². The van der Waals surface area contributed by atoms with Gasteiger partial charge in [0.05, 0.1) is 33.2 Å². The van der Waals surface area contributed by atoms with E-state index in [0.717, 1.165) is 34.6 Å². The number of rotatable bonds is 15. The molecular formula is C51H40N2O10S. The summed E-state index contributed by atoms with van der Waals surface area (Å²) >= 11 is 0.980. The van der Waals surface area contributed by atoms with Crippen LogP contribution in [0.3, 0.4) is 0 Å². The molecule has 13 heteroatoms. The number of nitro groups is 1. The lowest BCUT2D eigenvalue weighted by Gasteiger charge is -2.45. The van der Waals surface area contributed by atoms with Crippen LogP contribution in [0.2, 0.25) is 0 Å². The number of carbonyl (C=O) groups is 3. The molecule has 0 bridgehead atoms. The molecule has 12 nitrogen and oxygen atoms in total. The van der Waals surface area contributed by atoms with E-state index >= 15 is 0 Å². The van der Waals surface area contributed by atoms with Crippen LogP contribution < -0.4 is 0 Å². The summed E-state index contributed by atoms with van der Waals surface area (Å²) in [4.78, 5) is 57.8. The first-order valence-corrected chi connectivity index (χ1v) is 21.2. The number of pyridine rings is 1. The van der Waals surface area contributed by atoms with Gasteiger partial charge in [0.2, 0.25) is 0 Å². The normalized spacial score (nSPS) is 18.3. The molecule has 0 N–H and O–H groups in total. The Hall–Kier alpha value is -7.45. The lowest BCUT2D eigenvalue weighted by molar-refractivity contribution is -0.385. The number of hydrogen-bond acceptors (Lipinski definition) is 12. The van der Waals surface area contributed by atoms with Crippen LogP contribution in [0.4, 0.5) is 5.69 Å². The zero-order chi connectivity index (χ0) is 44.3. The van der Waals surface area contributed by atoms with Crippen molar-refractivity contribution >= 4 is 35.4 Å². The summed E-state index contributed by atoms with van der Waals surface area (Å²) < 4.78 is 33.1. The lowest BCUT2D eigenvalue weighted by atomic mass is 9.80. The van der Waals surface area contributed by atoms with Crippen molar-refractivity contribution in [2.24, 2.45) is 0 Å². The Bertz CT molecular complexity index is 2550. The van der Waals surface area contributed by atoms with Gasteiger partial charge in [0.25, 0.3) is 5.69 Å². The topological polar surface area (TPSA) is 153 Å². The van der Waals surface area contributed by atoms with E-state index in [9.17, 15) is 24.5 Å². The van der Waals surface area contributed by atoms with Crippen molar-refractivity contribution in [2.75, 3.05) is 6.61 Å². The smallest absolute Gasteiger partial charge is 0.338 e. The van der Waals surface area contributed by atoms with Crippen molar-refractivity contribution in [3.8, 4) is 0 Å². The fraction of sp³-hybridized carbons (Fsp3) is 0.137. The molecule has 1 saturated heterocycles. The third-order valence-electron chi connectivity index (χ3n) is 10.5. The molecule has 2 heterocycles. The molecule has 1 aliphatic heterocycles. The molecule has 6 aromatic carbocycles. The number of nitrogens with zero attached hydrogens (tertiary/aromatic N) is 2. The highest BCUT2D eigenvalue weighted by atomic mass is 32.2. The molecular weight excluding hydrogens is 833 g/mol. The fourth-order valence-corrected chi connectivity index (χ4v) is 8.49. The third-order valence-corrected chi connectivity index (χ3v) is 11.6. The first-order chi connectivity index (χ1) is 31.3. The molecule has 0 saturated carbocycles. The second-order valence-corrected chi connectivity index (χ2v) is 15.7. The molecule has 1 aromatic heterocycles. The van der Waals surface area contributed by atoms with Gasteiger partial charge in [-0.05, 0) is 59.2 Å². The van der Waals surface area contributed by atoms with Crippen LogP contribution in [0.1, 0.15) is 47.8 Å². The lowest BCUT2D eigenvalue weighted by Crippen LogP contribution is -2.62. The predicted octanol–water partition coefficient (Wildman–Crippen LogP) is 9.49. The van der Waals surface area contributed by atoms with Gasteiger partial charge in [0.15, 0.2) is 23.7 Å². The molecule has 0 radical (unpaired) electrons. The fourth-order valence-electron chi connectivity index (χ4n) is 7.45. The first kappa shape index (κ1) is 43.2. The number of carbonyl (C=O) groups excluding carboxylic acids is 3. The summed E-state index contributed by atoms with van der Waals surface area (Å²) in [6.45, 7) is -0.283. The maximum absolute atomic E-state index is 14.2. The van der Waals surface area contributed by atoms with E-state index in [1.807, 2.05) is 91.0 Å². The van der Waals surface area contributed by atoms with Crippen LogP contribution in [0.5, 0.6) is 0 Å². The minimum absolute atomic E-state index is 0.181. The summed E-state index contributed by atoms with van der Waals surface area (Å²) in [6, 6.07) is 56.4. The molecule has 1 fully saturated rings. The van der Waals surface area contributed by atoms with Gasteiger partial charge in [-0.15, -0.1) is 0 Å². The molecule has 1 aliphatic rings. The Balaban J connectivity index is 1.28.